The van der Waals surface area contributed by atoms with E-state index in [9.17, 15) is 14.4 Å². The topological polar surface area (TPSA) is 81.7 Å². The SMILES string of the molecule is COC(=O)c1ccc(C(=O)OC)c(NC(=O)c2cccs2)c1. The second-order valence-electron chi connectivity index (χ2n) is 4.17. The molecule has 0 aliphatic heterocycles. The van der Waals surface area contributed by atoms with Gasteiger partial charge in [-0.2, -0.15) is 0 Å². The lowest BCUT2D eigenvalue weighted by atomic mass is 10.1. The summed E-state index contributed by atoms with van der Waals surface area (Å²) in [5, 5.41) is 4.38. The number of carbonyl (C=O) groups is 3. The Morgan fingerprint density at radius 3 is 2.36 bits per heavy atom. The molecule has 7 heteroatoms. The minimum absolute atomic E-state index is 0.153. The van der Waals surface area contributed by atoms with Gasteiger partial charge in [-0.15, -0.1) is 11.3 Å². The molecule has 0 bridgehead atoms. The maximum atomic E-state index is 12.1. The number of benzene rings is 1. The van der Waals surface area contributed by atoms with Crippen LogP contribution in [-0.4, -0.2) is 32.1 Å². The summed E-state index contributed by atoms with van der Waals surface area (Å²) in [6, 6.07) is 7.61. The van der Waals surface area contributed by atoms with Gasteiger partial charge in [-0.1, -0.05) is 6.07 Å². The first kappa shape index (κ1) is 15.7. The molecule has 0 unspecified atom stereocenters. The molecule has 1 aromatic heterocycles. The zero-order chi connectivity index (χ0) is 16.1. The van der Waals surface area contributed by atoms with E-state index in [0.29, 0.717) is 4.88 Å². The highest BCUT2D eigenvalue weighted by Crippen LogP contribution is 2.21. The second kappa shape index (κ2) is 6.86. The lowest BCUT2D eigenvalue weighted by Gasteiger charge is -2.10. The van der Waals surface area contributed by atoms with Crippen LogP contribution in [0.25, 0.3) is 0 Å². The summed E-state index contributed by atoms with van der Waals surface area (Å²) in [4.78, 5) is 36.0. The fourth-order valence-corrected chi connectivity index (χ4v) is 2.39. The number of amides is 1. The molecule has 1 heterocycles. The molecule has 22 heavy (non-hydrogen) atoms. The van der Waals surface area contributed by atoms with Crippen molar-refractivity contribution < 1.29 is 23.9 Å². The largest absolute Gasteiger partial charge is 0.465 e. The summed E-state index contributed by atoms with van der Waals surface area (Å²) < 4.78 is 9.30. The number of nitrogens with one attached hydrogen (secondary N) is 1. The van der Waals surface area contributed by atoms with E-state index in [0.717, 1.165) is 0 Å². The Bertz CT molecular complexity index is 709. The average Bonchev–Trinajstić information content (AvgIpc) is 3.07. The summed E-state index contributed by atoms with van der Waals surface area (Å²) in [7, 11) is 2.49. The second-order valence-corrected chi connectivity index (χ2v) is 5.12. The zero-order valence-electron chi connectivity index (χ0n) is 11.9. The first-order chi connectivity index (χ1) is 10.6. The fraction of sp³-hybridized carbons (Fsp3) is 0.133. The predicted octanol–water partition coefficient (Wildman–Crippen LogP) is 2.57. The minimum atomic E-state index is -0.613. The van der Waals surface area contributed by atoms with E-state index in [4.69, 9.17) is 0 Å². The maximum absolute atomic E-state index is 12.1. The van der Waals surface area contributed by atoms with Crippen molar-refractivity contribution in [2.75, 3.05) is 19.5 Å². The van der Waals surface area contributed by atoms with Crippen LogP contribution in [0.5, 0.6) is 0 Å². The van der Waals surface area contributed by atoms with E-state index in [1.54, 1.807) is 17.5 Å². The van der Waals surface area contributed by atoms with Gasteiger partial charge in [-0.25, -0.2) is 9.59 Å². The molecular formula is C15H13NO5S. The molecule has 2 aromatic rings. The standard InChI is InChI=1S/C15H13NO5S/c1-20-14(18)9-5-6-10(15(19)21-2)11(8-9)16-13(17)12-4-3-7-22-12/h3-8H,1-2H3,(H,16,17). The quantitative estimate of drug-likeness (QED) is 0.876. The monoisotopic (exact) mass is 319 g/mol. The number of thiophene rings is 1. The molecule has 1 aromatic carbocycles. The molecule has 0 saturated heterocycles. The van der Waals surface area contributed by atoms with Crippen LogP contribution in [0.2, 0.25) is 0 Å². The van der Waals surface area contributed by atoms with Gasteiger partial charge in [0, 0.05) is 0 Å². The average molecular weight is 319 g/mol. The molecule has 0 fully saturated rings. The highest BCUT2D eigenvalue weighted by Gasteiger charge is 2.18. The summed E-state index contributed by atoms with van der Waals surface area (Å²) >= 11 is 1.27. The normalized spacial score (nSPS) is 9.91. The Kier molecular flexibility index (Phi) is 4.90. The van der Waals surface area contributed by atoms with E-state index in [2.05, 4.69) is 14.8 Å². The van der Waals surface area contributed by atoms with Crippen LogP contribution in [0.4, 0.5) is 5.69 Å². The number of carbonyl (C=O) groups excluding carboxylic acids is 3. The summed E-state index contributed by atoms with van der Waals surface area (Å²) in [5.41, 5.74) is 0.560. The van der Waals surface area contributed by atoms with E-state index < -0.39 is 11.9 Å². The van der Waals surface area contributed by atoms with Gasteiger partial charge in [0.1, 0.15) is 0 Å². The molecule has 2 rings (SSSR count). The third-order valence-electron chi connectivity index (χ3n) is 2.84. The van der Waals surface area contributed by atoms with E-state index in [-0.39, 0.29) is 22.7 Å². The molecule has 0 radical (unpaired) electrons. The van der Waals surface area contributed by atoms with Gasteiger partial charge >= 0.3 is 11.9 Å². The smallest absolute Gasteiger partial charge is 0.339 e. The number of anilines is 1. The van der Waals surface area contributed by atoms with Gasteiger partial charge < -0.3 is 14.8 Å². The number of esters is 2. The van der Waals surface area contributed by atoms with Crippen LogP contribution >= 0.6 is 11.3 Å². The van der Waals surface area contributed by atoms with Crippen molar-refractivity contribution in [3.05, 3.63) is 51.7 Å². The van der Waals surface area contributed by atoms with Gasteiger partial charge in [0.15, 0.2) is 0 Å². The number of hydrogen-bond donors (Lipinski definition) is 1. The zero-order valence-corrected chi connectivity index (χ0v) is 12.7. The number of ether oxygens (including phenoxy) is 2. The number of rotatable bonds is 4. The van der Waals surface area contributed by atoms with Crippen molar-refractivity contribution in [3.63, 3.8) is 0 Å². The summed E-state index contributed by atoms with van der Waals surface area (Å²) in [6.45, 7) is 0. The molecule has 1 amide bonds. The van der Waals surface area contributed by atoms with Gasteiger partial charge in [0.2, 0.25) is 0 Å². The molecular weight excluding hydrogens is 306 g/mol. The Morgan fingerprint density at radius 2 is 1.77 bits per heavy atom. The van der Waals surface area contributed by atoms with E-state index in [1.807, 2.05) is 0 Å². The van der Waals surface area contributed by atoms with Crippen molar-refractivity contribution in [2.45, 2.75) is 0 Å². The molecule has 0 saturated carbocycles. The van der Waals surface area contributed by atoms with Crippen LogP contribution < -0.4 is 5.32 Å². The van der Waals surface area contributed by atoms with Gasteiger partial charge in [-0.05, 0) is 29.6 Å². The number of hydrogen-bond acceptors (Lipinski definition) is 6. The Morgan fingerprint density at radius 1 is 1.05 bits per heavy atom. The predicted molar refractivity (Wildman–Crippen MR) is 81.4 cm³/mol. The van der Waals surface area contributed by atoms with Crippen LogP contribution in [0.1, 0.15) is 30.4 Å². The molecule has 114 valence electrons. The Hall–Kier alpha value is -2.67. The highest BCUT2D eigenvalue weighted by atomic mass is 32.1. The third kappa shape index (κ3) is 3.32. The molecule has 0 spiro atoms. The van der Waals surface area contributed by atoms with Gasteiger partial charge in [0.05, 0.1) is 35.9 Å². The minimum Gasteiger partial charge on any atom is -0.465 e. The first-order valence-electron chi connectivity index (χ1n) is 6.22. The number of methoxy groups -OCH3 is 2. The molecule has 1 N–H and O–H groups in total. The first-order valence-corrected chi connectivity index (χ1v) is 7.10. The lowest BCUT2D eigenvalue weighted by molar-refractivity contribution is 0.0587. The molecule has 0 aliphatic carbocycles. The van der Waals surface area contributed by atoms with Crippen molar-refractivity contribution in [3.8, 4) is 0 Å². The van der Waals surface area contributed by atoms with Gasteiger partial charge in [-0.3, -0.25) is 4.79 Å². The molecule has 6 nitrogen and oxygen atoms in total. The van der Waals surface area contributed by atoms with Crippen LogP contribution in [0, 0.1) is 0 Å². The molecule has 0 aliphatic rings. The van der Waals surface area contributed by atoms with Crippen LogP contribution in [0.15, 0.2) is 35.7 Å². The van der Waals surface area contributed by atoms with Crippen LogP contribution in [0.3, 0.4) is 0 Å². The lowest BCUT2D eigenvalue weighted by Crippen LogP contribution is -2.15. The highest BCUT2D eigenvalue weighted by molar-refractivity contribution is 7.12. The third-order valence-corrected chi connectivity index (χ3v) is 3.71. The van der Waals surface area contributed by atoms with Crippen molar-refractivity contribution in [2.24, 2.45) is 0 Å². The summed E-state index contributed by atoms with van der Waals surface area (Å²) in [6.07, 6.45) is 0. The molecule has 0 atom stereocenters. The van der Waals surface area contributed by atoms with Crippen molar-refractivity contribution in [1.29, 1.82) is 0 Å². The van der Waals surface area contributed by atoms with E-state index >= 15 is 0 Å². The fourth-order valence-electron chi connectivity index (χ4n) is 1.77. The van der Waals surface area contributed by atoms with Crippen LogP contribution in [-0.2, 0) is 9.47 Å². The van der Waals surface area contributed by atoms with Gasteiger partial charge in [0.25, 0.3) is 5.91 Å². The van der Waals surface area contributed by atoms with Crippen molar-refractivity contribution in [1.82, 2.24) is 0 Å². The van der Waals surface area contributed by atoms with E-state index in [1.165, 1.54) is 43.8 Å². The Balaban J connectivity index is 2.38. The summed E-state index contributed by atoms with van der Waals surface area (Å²) in [5.74, 6) is -1.55. The Labute approximate surface area is 130 Å². The maximum Gasteiger partial charge on any atom is 0.339 e. The van der Waals surface area contributed by atoms with Crippen molar-refractivity contribution >= 4 is 34.9 Å².